The molecule has 0 aliphatic heterocycles. The Kier molecular flexibility index (Phi) is 4.76. The monoisotopic (exact) mass is 291 g/mol. The fourth-order valence-corrected chi connectivity index (χ4v) is 2.72. The molecule has 0 fully saturated rings. The Morgan fingerprint density at radius 3 is 2.80 bits per heavy atom. The van der Waals surface area contributed by atoms with E-state index in [9.17, 15) is 4.79 Å². The summed E-state index contributed by atoms with van der Waals surface area (Å²) in [4.78, 5) is 14.5. The number of carbonyl (C=O) groups is 1. The molecule has 1 atom stereocenters. The highest BCUT2D eigenvalue weighted by molar-refractivity contribution is 9.11. The van der Waals surface area contributed by atoms with Gasteiger partial charge >= 0.3 is 5.97 Å². The van der Waals surface area contributed by atoms with Crippen molar-refractivity contribution in [3.8, 4) is 0 Å². The summed E-state index contributed by atoms with van der Waals surface area (Å²) in [7, 11) is 3.32. The van der Waals surface area contributed by atoms with Gasteiger partial charge in [0.2, 0.25) is 0 Å². The summed E-state index contributed by atoms with van der Waals surface area (Å²) in [6, 6.07) is 3.85. The van der Waals surface area contributed by atoms with Crippen LogP contribution in [0.5, 0.6) is 0 Å². The second-order valence-corrected chi connectivity index (χ2v) is 5.87. The number of ether oxygens (including phenoxy) is 1. The number of nitrogens with zero attached hydrogens (tertiary/aromatic N) is 1. The first-order valence-corrected chi connectivity index (χ1v) is 6.18. The molecule has 0 saturated carbocycles. The Morgan fingerprint density at radius 2 is 2.33 bits per heavy atom. The first kappa shape index (κ1) is 12.7. The van der Waals surface area contributed by atoms with Crippen LogP contribution in [0.25, 0.3) is 0 Å². The van der Waals surface area contributed by atoms with E-state index in [1.807, 2.05) is 24.9 Å². The smallest absolute Gasteiger partial charge is 0.322 e. The maximum Gasteiger partial charge on any atom is 0.322 e. The van der Waals surface area contributed by atoms with Crippen molar-refractivity contribution < 1.29 is 9.53 Å². The SMILES string of the molecule is COC(=O)[C@@H](C)N(C)Cc1ccc(Br)s1. The molecule has 1 rings (SSSR count). The van der Waals surface area contributed by atoms with Gasteiger partial charge in [0.25, 0.3) is 0 Å². The van der Waals surface area contributed by atoms with Crippen LogP contribution in [-0.2, 0) is 16.1 Å². The molecule has 15 heavy (non-hydrogen) atoms. The van der Waals surface area contributed by atoms with Crippen LogP contribution in [0, 0.1) is 0 Å². The van der Waals surface area contributed by atoms with Gasteiger partial charge in [0.15, 0.2) is 0 Å². The minimum Gasteiger partial charge on any atom is -0.468 e. The van der Waals surface area contributed by atoms with Crippen molar-refractivity contribution in [1.29, 1.82) is 0 Å². The molecule has 5 heteroatoms. The van der Waals surface area contributed by atoms with Gasteiger partial charge in [-0.05, 0) is 42.0 Å². The van der Waals surface area contributed by atoms with Crippen LogP contribution in [0.1, 0.15) is 11.8 Å². The summed E-state index contributed by atoms with van der Waals surface area (Å²) in [6.07, 6.45) is 0. The van der Waals surface area contributed by atoms with Gasteiger partial charge < -0.3 is 4.74 Å². The lowest BCUT2D eigenvalue weighted by atomic mass is 10.3. The van der Waals surface area contributed by atoms with Gasteiger partial charge in [0.1, 0.15) is 6.04 Å². The molecule has 1 aromatic heterocycles. The Labute approximate surface area is 102 Å². The first-order valence-electron chi connectivity index (χ1n) is 4.57. The van der Waals surface area contributed by atoms with Crippen LogP contribution in [0.4, 0.5) is 0 Å². The second kappa shape index (κ2) is 5.63. The molecule has 84 valence electrons. The Balaban J connectivity index is 2.55. The number of rotatable bonds is 4. The molecule has 0 aliphatic rings. The molecule has 0 unspecified atom stereocenters. The number of methoxy groups -OCH3 is 1. The Hall–Kier alpha value is -0.390. The van der Waals surface area contributed by atoms with E-state index in [1.54, 1.807) is 11.3 Å². The van der Waals surface area contributed by atoms with E-state index in [1.165, 1.54) is 12.0 Å². The van der Waals surface area contributed by atoms with Crippen LogP contribution < -0.4 is 0 Å². The third-order valence-electron chi connectivity index (χ3n) is 2.24. The molecule has 3 nitrogen and oxygen atoms in total. The van der Waals surface area contributed by atoms with Gasteiger partial charge in [-0.25, -0.2) is 0 Å². The molecule has 0 saturated heterocycles. The Morgan fingerprint density at radius 1 is 1.67 bits per heavy atom. The summed E-state index contributed by atoms with van der Waals surface area (Å²) in [5.74, 6) is -0.201. The molecule has 0 spiro atoms. The van der Waals surface area contributed by atoms with Crippen molar-refractivity contribution in [3.63, 3.8) is 0 Å². The topological polar surface area (TPSA) is 29.5 Å². The van der Waals surface area contributed by atoms with E-state index in [0.717, 1.165) is 10.3 Å². The molecule has 0 bridgehead atoms. The van der Waals surface area contributed by atoms with Crippen LogP contribution in [0.2, 0.25) is 0 Å². The highest BCUT2D eigenvalue weighted by Gasteiger charge is 2.18. The first-order chi connectivity index (χ1) is 7.04. The fraction of sp³-hybridized carbons (Fsp3) is 0.500. The van der Waals surface area contributed by atoms with Gasteiger partial charge in [0, 0.05) is 11.4 Å². The van der Waals surface area contributed by atoms with E-state index in [2.05, 4.69) is 26.7 Å². The molecule has 1 heterocycles. The number of hydrogen-bond acceptors (Lipinski definition) is 4. The number of esters is 1. The standard InChI is InChI=1S/C10H14BrNO2S/c1-7(10(13)14-3)12(2)6-8-4-5-9(11)15-8/h4-5,7H,6H2,1-3H3/t7-/m1/s1. The lowest BCUT2D eigenvalue weighted by Crippen LogP contribution is -2.36. The quantitative estimate of drug-likeness (QED) is 0.799. The zero-order valence-electron chi connectivity index (χ0n) is 8.99. The third kappa shape index (κ3) is 3.59. The highest BCUT2D eigenvalue weighted by Crippen LogP contribution is 2.23. The van der Waals surface area contributed by atoms with Crippen molar-refractivity contribution in [3.05, 3.63) is 20.8 Å². The Bertz CT molecular complexity index is 340. The molecule has 1 aromatic rings. The molecule has 0 aliphatic carbocycles. The molecule has 0 aromatic carbocycles. The van der Waals surface area contributed by atoms with Crippen molar-refractivity contribution in [2.75, 3.05) is 14.2 Å². The fourth-order valence-electron chi connectivity index (χ4n) is 1.17. The van der Waals surface area contributed by atoms with E-state index >= 15 is 0 Å². The largest absolute Gasteiger partial charge is 0.468 e. The molecule has 0 radical (unpaired) electrons. The predicted molar refractivity (Wildman–Crippen MR) is 65.0 cm³/mol. The molecule has 0 N–H and O–H groups in total. The number of thiophene rings is 1. The zero-order valence-corrected chi connectivity index (χ0v) is 11.4. The summed E-state index contributed by atoms with van der Waals surface area (Å²) in [6.45, 7) is 2.60. The van der Waals surface area contributed by atoms with Gasteiger partial charge in [-0.2, -0.15) is 0 Å². The lowest BCUT2D eigenvalue weighted by molar-refractivity contribution is -0.145. The van der Waals surface area contributed by atoms with E-state index in [-0.39, 0.29) is 12.0 Å². The average molecular weight is 292 g/mol. The van der Waals surface area contributed by atoms with Crippen LogP contribution in [0.15, 0.2) is 15.9 Å². The van der Waals surface area contributed by atoms with E-state index in [4.69, 9.17) is 0 Å². The summed E-state index contributed by atoms with van der Waals surface area (Å²) < 4.78 is 5.80. The van der Waals surface area contributed by atoms with Crippen molar-refractivity contribution >= 4 is 33.2 Å². The van der Waals surface area contributed by atoms with Crippen LogP contribution >= 0.6 is 27.3 Å². The maximum absolute atomic E-state index is 11.3. The third-order valence-corrected chi connectivity index (χ3v) is 3.85. The minimum atomic E-state index is -0.212. The van der Waals surface area contributed by atoms with Crippen molar-refractivity contribution in [2.45, 2.75) is 19.5 Å². The summed E-state index contributed by atoms with van der Waals surface area (Å²) in [5, 5.41) is 0. The predicted octanol–water partition coefficient (Wildman–Crippen LogP) is 2.50. The summed E-state index contributed by atoms with van der Waals surface area (Å²) >= 11 is 5.09. The number of hydrogen-bond donors (Lipinski definition) is 0. The summed E-state index contributed by atoms with van der Waals surface area (Å²) in [5.41, 5.74) is 0. The number of likely N-dealkylation sites (N-methyl/N-ethyl adjacent to an activating group) is 1. The average Bonchev–Trinajstić information content (AvgIpc) is 2.61. The maximum atomic E-state index is 11.3. The van der Waals surface area contributed by atoms with Crippen LogP contribution in [-0.4, -0.2) is 31.1 Å². The highest BCUT2D eigenvalue weighted by atomic mass is 79.9. The normalized spacial score (nSPS) is 12.9. The van der Waals surface area contributed by atoms with E-state index < -0.39 is 0 Å². The molecule has 0 amide bonds. The van der Waals surface area contributed by atoms with Crippen molar-refractivity contribution in [1.82, 2.24) is 4.90 Å². The minimum absolute atomic E-state index is 0.201. The van der Waals surface area contributed by atoms with Crippen LogP contribution in [0.3, 0.4) is 0 Å². The zero-order chi connectivity index (χ0) is 11.4. The van der Waals surface area contributed by atoms with Gasteiger partial charge in [-0.3, -0.25) is 9.69 Å². The number of halogens is 1. The number of carbonyl (C=O) groups excluding carboxylic acids is 1. The van der Waals surface area contributed by atoms with Gasteiger partial charge in [0.05, 0.1) is 10.9 Å². The van der Waals surface area contributed by atoms with E-state index in [0.29, 0.717) is 0 Å². The lowest BCUT2D eigenvalue weighted by Gasteiger charge is -2.21. The second-order valence-electron chi connectivity index (χ2n) is 3.32. The van der Waals surface area contributed by atoms with Gasteiger partial charge in [-0.1, -0.05) is 0 Å². The van der Waals surface area contributed by atoms with Crippen molar-refractivity contribution in [2.24, 2.45) is 0 Å². The molecular formula is C10H14BrNO2S. The molecular weight excluding hydrogens is 278 g/mol. The van der Waals surface area contributed by atoms with Gasteiger partial charge in [-0.15, -0.1) is 11.3 Å².